The van der Waals surface area contributed by atoms with Crippen molar-refractivity contribution in [1.29, 1.82) is 5.41 Å². The average molecular weight is 376 g/mol. The molecule has 120 valence electrons. The summed E-state index contributed by atoms with van der Waals surface area (Å²) in [5, 5.41) is 9.65. The zero-order valence-corrected chi connectivity index (χ0v) is 14.4. The van der Waals surface area contributed by atoms with Crippen molar-refractivity contribution in [3.63, 3.8) is 0 Å². The third-order valence-electron chi connectivity index (χ3n) is 3.54. The third-order valence-corrected chi connectivity index (χ3v) is 3.54. The highest BCUT2D eigenvalue weighted by atomic mass is 79.9. The van der Waals surface area contributed by atoms with Crippen LogP contribution in [0.1, 0.15) is 18.1 Å². The van der Waals surface area contributed by atoms with Gasteiger partial charge in [0.2, 0.25) is 0 Å². The van der Waals surface area contributed by atoms with Gasteiger partial charge in [0.25, 0.3) is 5.91 Å². The number of nitrogens with zero attached hydrogens (tertiary/aromatic N) is 1. The summed E-state index contributed by atoms with van der Waals surface area (Å²) in [6, 6.07) is 16.9. The predicted octanol–water partition coefficient (Wildman–Crippen LogP) is 2.90. The molecule has 0 saturated carbocycles. The number of nitrogens with one attached hydrogen (secondary N) is 2. The second-order valence-electron chi connectivity index (χ2n) is 5.14. The van der Waals surface area contributed by atoms with Gasteiger partial charge in [-0.15, -0.1) is 17.0 Å². The Kier molecular flexibility index (Phi) is 5.39. The fourth-order valence-corrected chi connectivity index (χ4v) is 2.36. The van der Waals surface area contributed by atoms with Gasteiger partial charge in [0.15, 0.2) is 6.10 Å². The summed E-state index contributed by atoms with van der Waals surface area (Å²) in [4.78, 5) is 12.2. The van der Waals surface area contributed by atoms with Gasteiger partial charge in [-0.05, 0) is 24.6 Å². The van der Waals surface area contributed by atoms with Crippen molar-refractivity contribution < 1.29 is 9.53 Å². The molecule has 6 heteroatoms. The van der Waals surface area contributed by atoms with Crippen LogP contribution < -0.4 is 10.2 Å². The largest absolute Gasteiger partial charge is 0.481 e. The van der Waals surface area contributed by atoms with Gasteiger partial charge in [0, 0.05) is 5.56 Å². The Hall–Kier alpha value is -2.34. The lowest BCUT2D eigenvalue weighted by molar-refractivity contribution is -0.130. The highest BCUT2D eigenvalue weighted by molar-refractivity contribution is 8.93. The summed E-state index contributed by atoms with van der Waals surface area (Å²) < 4.78 is 5.59. The molecule has 0 spiro atoms. The first-order valence-electron chi connectivity index (χ1n) is 7.12. The molecule has 23 heavy (non-hydrogen) atoms. The van der Waals surface area contributed by atoms with E-state index in [2.05, 4.69) is 5.43 Å². The van der Waals surface area contributed by atoms with Crippen molar-refractivity contribution in [2.24, 2.45) is 0 Å². The quantitative estimate of drug-likeness (QED) is 0.863. The number of carbonyl (C=O) groups is 1. The monoisotopic (exact) mass is 375 g/mol. The van der Waals surface area contributed by atoms with E-state index in [-0.39, 0.29) is 22.9 Å². The smallest absolute Gasteiger partial charge is 0.279 e. The molecular weight excluding hydrogens is 358 g/mol. The molecule has 3 rings (SSSR count). The minimum Gasteiger partial charge on any atom is -0.481 e. The van der Waals surface area contributed by atoms with Crippen molar-refractivity contribution >= 4 is 28.7 Å². The number of benzene rings is 2. The summed E-state index contributed by atoms with van der Waals surface area (Å²) in [5.41, 5.74) is 4.62. The summed E-state index contributed by atoms with van der Waals surface area (Å²) in [6.07, 6.45) is -0.640. The van der Waals surface area contributed by atoms with E-state index >= 15 is 0 Å². The van der Waals surface area contributed by atoms with E-state index in [1.165, 1.54) is 5.01 Å². The number of amidine groups is 1. The molecule has 2 aromatic carbocycles. The lowest BCUT2D eigenvalue weighted by atomic mass is 10.1. The number of para-hydroxylation sites is 1. The third kappa shape index (κ3) is 3.71. The molecule has 5 nitrogen and oxygen atoms in total. The maximum absolute atomic E-state index is 12.2. The maximum atomic E-state index is 12.2. The molecule has 2 N–H and O–H groups in total. The van der Waals surface area contributed by atoms with Crippen molar-refractivity contribution in [2.75, 3.05) is 0 Å². The second-order valence-corrected chi connectivity index (χ2v) is 5.14. The van der Waals surface area contributed by atoms with Gasteiger partial charge in [-0.25, -0.2) is 0 Å². The van der Waals surface area contributed by atoms with Gasteiger partial charge >= 0.3 is 0 Å². The number of hydrogen-bond donors (Lipinski definition) is 2. The van der Waals surface area contributed by atoms with E-state index in [4.69, 9.17) is 10.1 Å². The van der Waals surface area contributed by atoms with Crippen molar-refractivity contribution in [3.05, 3.63) is 65.7 Å². The number of hydrogen-bond acceptors (Lipinski definition) is 3. The number of fused-ring (bicyclic) bond motifs is 1. The zero-order chi connectivity index (χ0) is 15.5. The van der Waals surface area contributed by atoms with Gasteiger partial charge < -0.3 is 4.74 Å². The molecular formula is C17H18BrN3O2. The number of ether oxygens (including phenoxy) is 1. The van der Waals surface area contributed by atoms with E-state index in [1.807, 2.05) is 42.5 Å². The summed E-state index contributed by atoms with van der Waals surface area (Å²) >= 11 is 0. The first kappa shape index (κ1) is 17.0. The lowest BCUT2D eigenvalue weighted by Crippen LogP contribution is -2.47. The first-order chi connectivity index (χ1) is 10.6. The molecule has 2 aromatic rings. The molecule has 1 aliphatic rings. The van der Waals surface area contributed by atoms with Crippen molar-refractivity contribution in [3.8, 4) is 5.75 Å². The Labute approximate surface area is 145 Å². The van der Waals surface area contributed by atoms with Crippen molar-refractivity contribution in [1.82, 2.24) is 10.4 Å². The van der Waals surface area contributed by atoms with Gasteiger partial charge in [-0.3, -0.25) is 20.6 Å². The number of carbonyl (C=O) groups excluding carboxylic acids is 1. The van der Waals surface area contributed by atoms with Crippen LogP contribution in [0.15, 0.2) is 54.6 Å². The summed E-state index contributed by atoms with van der Waals surface area (Å²) in [5.74, 6) is 0.669. The van der Waals surface area contributed by atoms with Crippen LogP contribution >= 0.6 is 17.0 Å². The number of halogens is 1. The Morgan fingerprint density at radius 3 is 2.52 bits per heavy atom. The van der Waals surface area contributed by atoms with Crippen LogP contribution in [-0.4, -0.2) is 22.9 Å². The summed E-state index contributed by atoms with van der Waals surface area (Å²) in [7, 11) is 0. The van der Waals surface area contributed by atoms with Crippen LogP contribution in [0.25, 0.3) is 0 Å². The normalized spacial score (nSPS) is 13.8. The Morgan fingerprint density at radius 2 is 1.83 bits per heavy atom. The highest BCUT2D eigenvalue weighted by Crippen LogP contribution is 2.20. The minimum absolute atomic E-state index is 0. The molecule has 0 aliphatic carbocycles. The SMILES string of the molecule is Br.CC(Oc1ccccc1)C(=O)NN1Cc2ccccc2C1=N. The standard InChI is InChI=1S/C17H17N3O2.BrH/c1-12(22-14-8-3-2-4-9-14)17(21)19-20-11-13-7-5-6-10-15(13)16(20)18;/h2-10,12,18H,11H2,1H3,(H,19,21);1H. The zero-order valence-electron chi connectivity index (χ0n) is 12.7. The van der Waals surface area contributed by atoms with Gasteiger partial charge in [0.05, 0.1) is 6.54 Å². The molecule has 0 radical (unpaired) electrons. The van der Waals surface area contributed by atoms with E-state index in [0.717, 1.165) is 11.1 Å². The van der Waals surface area contributed by atoms with Crippen LogP contribution in [0.5, 0.6) is 5.75 Å². The fraction of sp³-hybridized carbons (Fsp3) is 0.176. The molecule has 1 unspecified atom stereocenters. The Bertz CT molecular complexity index is 706. The molecule has 1 heterocycles. The van der Waals surface area contributed by atoms with E-state index in [0.29, 0.717) is 18.1 Å². The molecule has 1 amide bonds. The van der Waals surface area contributed by atoms with E-state index in [1.54, 1.807) is 19.1 Å². The topological polar surface area (TPSA) is 65.4 Å². The van der Waals surface area contributed by atoms with Crippen LogP contribution in [0.2, 0.25) is 0 Å². The van der Waals surface area contributed by atoms with E-state index < -0.39 is 6.10 Å². The van der Waals surface area contributed by atoms with Crippen LogP contribution in [0.4, 0.5) is 0 Å². The summed E-state index contributed by atoms with van der Waals surface area (Å²) in [6.45, 7) is 2.19. The van der Waals surface area contributed by atoms with Gasteiger partial charge in [-0.1, -0.05) is 42.5 Å². The number of rotatable bonds is 4. The molecule has 1 atom stereocenters. The van der Waals surface area contributed by atoms with E-state index in [9.17, 15) is 4.79 Å². The lowest BCUT2D eigenvalue weighted by Gasteiger charge is -2.22. The molecule has 0 bridgehead atoms. The Balaban J connectivity index is 0.00000192. The van der Waals surface area contributed by atoms with Crippen molar-refractivity contribution in [2.45, 2.75) is 19.6 Å². The van der Waals surface area contributed by atoms with Gasteiger partial charge in [0.1, 0.15) is 11.6 Å². The molecule has 0 saturated heterocycles. The van der Waals surface area contributed by atoms with Crippen LogP contribution in [0.3, 0.4) is 0 Å². The predicted molar refractivity (Wildman–Crippen MR) is 93.8 cm³/mol. The number of hydrazine groups is 1. The number of amides is 1. The van der Waals surface area contributed by atoms with Gasteiger partial charge in [-0.2, -0.15) is 0 Å². The molecule has 0 aromatic heterocycles. The first-order valence-corrected chi connectivity index (χ1v) is 7.12. The van der Waals surface area contributed by atoms with Crippen LogP contribution in [-0.2, 0) is 11.3 Å². The second kappa shape index (κ2) is 7.28. The Morgan fingerprint density at radius 1 is 1.17 bits per heavy atom. The minimum atomic E-state index is -0.640. The average Bonchev–Trinajstić information content (AvgIpc) is 2.85. The maximum Gasteiger partial charge on any atom is 0.279 e. The highest BCUT2D eigenvalue weighted by Gasteiger charge is 2.26. The molecule has 1 aliphatic heterocycles. The van der Waals surface area contributed by atoms with Crippen LogP contribution in [0, 0.1) is 5.41 Å². The fourth-order valence-electron chi connectivity index (χ4n) is 2.36. The molecule has 0 fully saturated rings.